The molecule has 0 fully saturated rings. The van der Waals surface area contributed by atoms with E-state index in [4.69, 9.17) is 4.52 Å². The number of aryl methyl sites for hydroxylation is 2. The summed E-state index contributed by atoms with van der Waals surface area (Å²) in [5.74, 6) is 0.858. The first-order chi connectivity index (χ1) is 11.7. The van der Waals surface area contributed by atoms with Crippen LogP contribution in [-0.2, 0) is 10.2 Å². The van der Waals surface area contributed by atoms with Gasteiger partial charge in [-0.1, -0.05) is 37.7 Å². The van der Waals surface area contributed by atoms with Gasteiger partial charge >= 0.3 is 0 Å². The first-order valence-corrected chi connectivity index (χ1v) is 8.82. The number of hydrogen-bond acceptors (Lipinski definition) is 7. The highest BCUT2D eigenvalue weighted by Crippen LogP contribution is 2.24. The Morgan fingerprint density at radius 1 is 1.28 bits per heavy atom. The molecule has 0 saturated carbocycles. The smallest absolute Gasteiger partial charge is 0.256 e. The first-order valence-electron chi connectivity index (χ1n) is 7.83. The van der Waals surface area contributed by atoms with E-state index in [1.54, 1.807) is 6.07 Å². The van der Waals surface area contributed by atoms with Crippen molar-refractivity contribution in [2.24, 2.45) is 0 Å². The molecule has 3 aromatic heterocycles. The fourth-order valence-electron chi connectivity index (χ4n) is 2.28. The van der Waals surface area contributed by atoms with E-state index in [9.17, 15) is 4.79 Å². The second kappa shape index (κ2) is 6.47. The minimum atomic E-state index is -0.198. The number of nitrogens with zero attached hydrogens (tertiary/aromatic N) is 5. The van der Waals surface area contributed by atoms with Gasteiger partial charge in [0.15, 0.2) is 5.16 Å². The van der Waals surface area contributed by atoms with Gasteiger partial charge in [0.05, 0.1) is 11.4 Å². The molecule has 9 heteroatoms. The van der Waals surface area contributed by atoms with Gasteiger partial charge in [0.25, 0.3) is 5.78 Å². The molecule has 3 heterocycles. The van der Waals surface area contributed by atoms with Crippen molar-refractivity contribution in [1.29, 1.82) is 0 Å². The third-order valence-corrected chi connectivity index (χ3v) is 4.47. The number of thioether (sulfide) groups is 1. The molecule has 0 bridgehead atoms. The lowest BCUT2D eigenvalue weighted by Gasteiger charge is -2.12. The van der Waals surface area contributed by atoms with E-state index in [1.807, 2.05) is 45.1 Å². The number of anilines is 1. The van der Waals surface area contributed by atoms with Gasteiger partial charge in [0.2, 0.25) is 11.8 Å². The Kier molecular flexibility index (Phi) is 4.51. The van der Waals surface area contributed by atoms with Gasteiger partial charge in [-0.25, -0.2) is 4.98 Å². The monoisotopic (exact) mass is 360 g/mol. The van der Waals surface area contributed by atoms with Crippen LogP contribution in [-0.4, -0.2) is 36.4 Å². The molecule has 0 aliphatic rings. The lowest BCUT2D eigenvalue weighted by atomic mass is 9.92. The molecule has 0 aliphatic heterocycles. The van der Waals surface area contributed by atoms with Crippen LogP contribution in [0.4, 0.5) is 5.88 Å². The summed E-state index contributed by atoms with van der Waals surface area (Å²) in [6.07, 6.45) is 0. The maximum absolute atomic E-state index is 12.1. The zero-order valence-corrected chi connectivity index (χ0v) is 15.6. The summed E-state index contributed by atoms with van der Waals surface area (Å²) in [6, 6.07) is 3.69. The quantitative estimate of drug-likeness (QED) is 0.714. The van der Waals surface area contributed by atoms with Crippen LogP contribution in [0.3, 0.4) is 0 Å². The number of rotatable bonds is 4. The van der Waals surface area contributed by atoms with Crippen molar-refractivity contribution < 1.29 is 9.32 Å². The predicted molar refractivity (Wildman–Crippen MR) is 94.8 cm³/mol. The third kappa shape index (κ3) is 3.81. The van der Waals surface area contributed by atoms with Crippen LogP contribution in [0.25, 0.3) is 5.78 Å². The molecule has 8 nitrogen and oxygen atoms in total. The highest BCUT2D eigenvalue weighted by atomic mass is 32.2. The van der Waals surface area contributed by atoms with E-state index in [0.29, 0.717) is 16.8 Å². The maximum atomic E-state index is 12.1. The number of hydrogen-bond donors (Lipinski definition) is 1. The van der Waals surface area contributed by atoms with E-state index in [2.05, 4.69) is 25.7 Å². The SMILES string of the molecule is Cc1cc(C)n2c(SCC(=O)Nc3cc(C(C)(C)C)no3)nnc2n1. The van der Waals surface area contributed by atoms with Crippen LogP contribution >= 0.6 is 11.8 Å². The maximum Gasteiger partial charge on any atom is 0.256 e. The van der Waals surface area contributed by atoms with Crippen LogP contribution < -0.4 is 5.32 Å². The molecule has 0 aliphatic carbocycles. The van der Waals surface area contributed by atoms with E-state index in [-0.39, 0.29) is 17.1 Å². The molecule has 3 rings (SSSR count). The Balaban J connectivity index is 1.66. The molecule has 0 unspecified atom stereocenters. The molecule has 0 aromatic carbocycles. The lowest BCUT2D eigenvalue weighted by molar-refractivity contribution is -0.113. The van der Waals surface area contributed by atoms with Gasteiger partial charge in [-0.3, -0.25) is 14.5 Å². The zero-order valence-electron chi connectivity index (χ0n) is 14.8. The highest BCUT2D eigenvalue weighted by molar-refractivity contribution is 7.99. The molecule has 1 amide bonds. The van der Waals surface area contributed by atoms with Crippen molar-refractivity contribution in [3.8, 4) is 0 Å². The Bertz CT molecular complexity index is 924. The Labute approximate surface area is 149 Å². The number of carbonyl (C=O) groups is 1. The summed E-state index contributed by atoms with van der Waals surface area (Å²) in [5, 5.41) is 15.5. The zero-order chi connectivity index (χ0) is 18.2. The van der Waals surface area contributed by atoms with Crippen LogP contribution in [0, 0.1) is 13.8 Å². The summed E-state index contributed by atoms with van der Waals surface area (Å²) >= 11 is 1.29. The molecule has 1 N–H and O–H groups in total. The van der Waals surface area contributed by atoms with E-state index in [0.717, 1.165) is 17.1 Å². The van der Waals surface area contributed by atoms with Crippen molar-refractivity contribution >= 4 is 29.3 Å². The summed E-state index contributed by atoms with van der Waals surface area (Å²) < 4.78 is 7.00. The number of aromatic nitrogens is 5. The van der Waals surface area contributed by atoms with Crippen LogP contribution in [0.15, 0.2) is 21.8 Å². The van der Waals surface area contributed by atoms with Gasteiger partial charge in [0.1, 0.15) is 0 Å². The minimum absolute atomic E-state index is 0.135. The van der Waals surface area contributed by atoms with Crippen LogP contribution in [0.1, 0.15) is 37.9 Å². The number of fused-ring (bicyclic) bond motifs is 1. The van der Waals surface area contributed by atoms with Gasteiger partial charge in [-0.05, 0) is 19.9 Å². The summed E-state index contributed by atoms with van der Waals surface area (Å²) in [5.41, 5.74) is 2.51. The Hall–Kier alpha value is -2.42. The second-order valence-corrected chi connectivity index (χ2v) is 7.76. The topological polar surface area (TPSA) is 98.2 Å². The molecule has 3 aromatic rings. The average molecular weight is 360 g/mol. The first kappa shape index (κ1) is 17.4. The van der Waals surface area contributed by atoms with Gasteiger partial charge < -0.3 is 4.52 Å². The third-order valence-electron chi connectivity index (χ3n) is 3.54. The van der Waals surface area contributed by atoms with E-state index < -0.39 is 0 Å². The van der Waals surface area contributed by atoms with Crippen molar-refractivity contribution in [3.05, 3.63) is 29.2 Å². The fourth-order valence-corrected chi connectivity index (χ4v) is 3.07. The van der Waals surface area contributed by atoms with Crippen molar-refractivity contribution in [2.75, 3.05) is 11.1 Å². The van der Waals surface area contributed by atoms with Crippen molar-refractivity contribution in [2.45, 2.75) is 45.2 Å². The van der Waals surface area contributed by atoms with E-state index in [1.165, 1.54) is 11.8 Å². The van der Waals surface area contributed by atoms with Gasteiger partial charge in [-0.2, -0.15) is 0 Å². The number of nitrogens with one attached hydrogen (secondary N) is 1. The molecule has 0 spiro atoms. The molecular weight excluding hydrogens is 340 g/mol. The van der Waals surface area contributed by atoms with Gasteiger partial charge in [-0.15, -0.1) is 10.2 Å². The number of carbonyl (C=O) groups excluding carboxylic acids is 1. The highest BCUT2D eigenvalue weighted by Gasteiger charge is 2.20. The summed E-state index contributed by atoms with van der Waals surface area (Å²) in [4.78, 5) is 16.5. The second-order valence-electron chi connectivity index (χ2n) is 6.82. The standard InChI is InChI=1S/C16H20N6O2S/c1-9-6-10(2)22-14(17-9)19-20-15(22)25-8-12(23)18-13-7-11(21-24-13)16(3,4)5/h6-7H,8H2,1-5H3,(H,18,23). The normalized spacial score (nSPS) is 11.9. The van der Waals surface area contributed by atoms with E-state index >= 15 is 0 Å². The average Bonchev–Trinajstić information content (AvgIpc) is 3.11. The molecule has 25 heavy (non-hydrogen) atoms. The minimum Gasteiger partial charge on any atom is -0.338 e. The molecular formula is C16H20N6O2S. The predicted octanol–water partition coefficient (Wildman–Crippen LogP) is 2.76. The molecule has 0 atom stereocenters. The van der Waals surface area contributed by atoms with Gasteiger partial charge in [0, 0.05) is 22.9 Å². The largest absolute Gasteiger partial charge is 0.338 e. The summed E-state index contributed by atoms with van der Waals surface area (Å²) in [7, 11) is 0. The number of amides is 1. The Morgan fingerprint density at radius 2 is 2.04 bits per heavy atom. The lowest BCUT2D eigenvalue weighted by Crippen LogP contribution is -2.14. The Morgan fingerprint density at radius 3 is 2.72 bits per heavy atom. The van der Waals surface area contributed by atoms with Crippen molar-refractivity contribution in [3.63, 3.8) is 0 Å². The molecule has 0 radical (unpaired) electrons. The van der Waals surface area contributed by atoms with Crippen LogP contribution in [0.5, 0.6) is 0 Å². The fraction of sp³-hybridized carbons (Fsp3) is 0.438. The molecule has 132 valence electrons. The van der Waals surface area contributed by atoms with Crippen LogP contribution in [0.2, 0.25) is 0 Å². The summed E-state index contributed by atoms with van der Waals surface area (Å²) in [6.45, 7) is 9.95. The van der Waals surface area contributed by atoms with Crippen molar-refractivity contribution in [1.82, 2.24) is 24.7 Å². The molecule has 0 saturated heterocycles.